The number of rotatable bonds is 2. The monoisotopic (exact) mass is 226 g/mol. The molecule has 2 aliphatic rings. The molecule has 1 saturated heterocycles. The van der Waals surface area contributed by atoms with Crippen molar-refractivity contribution in [2.24, 2.45) is 0 Å². The van der Waals surface area contributed by atoms with Gasteiger partial charge < -0.3 is 9.47 Å². The standard InChI is InChI=1S/C13H22O3/c14-11-5-3-7-12(8-4-6-11)16-13-9-1-2-10-15-13/h12-13H,1-10H2/t13-/m0/s1. The minimum absolute atomic E-state index is 0.0221. The van der Waals surface area contributed by atoms with E-state index in [2.05, 4.69) is 0 Å². The maximum atomic E-state index is 11.3. The van der Waals surface area contributed by atoms with Crippen LogP contribution < -0.4 is 0 Å². The lowest BCUT2D eigenvalue weighted by Gasteiger charge is -2.28. The van der Waals surface area contributed by atoms with Crippen molar-refractivity contribution in [3.05, 3.63) is 0 Å². The van der Waals surface area contributed by atoms with E-state index in [1.807, 2.05) is 0 Å². The average molecular weight is 226 g/mol. The Morgan fingerprint density at radius 2 is 1.75 bits per heavy atom. The Morgan fingerprint density at radius 1 is 1.00 bits per heavy atom. The second-order valence-corrected chi connectivity index (χ2v) is 4.88. The maximum Gasteiger partial charge on any atom is 0.157 e. The first kappa shape index (κ1) is 12.1. The van der Waals surface area contributed by atoms with E-state index in [4.69, 9.17) is 9.47 Å². The molecule has 0 N–H and O–H groups in total. The van der Waals surface area contributed by atoms with Gasteiger partial charge in [0.25, 0.3) is 0 Å². The number of ether oxygens (including phenoxy) is 2. The molecule has 0 spiro atoms. The van der Waals surface area contributed by atoms with Crippen LogP contribution in [0.1, 0.15) is 57.8 Å². The Labute approximate surface area is 97.5 Å². The van der Waals surface area contributed by atoms with E-state index in [0.29, 0.717) is 11.9 Å². The van der Waals surface area contributed by atoms with Crippen LogP contribution in [0, 0.1) is 0 Å². The van der Waals surface area contributed by atoms with Crippen molar-refractivity contribution in [3.63, 3.8) is 0 Å². The molecule has 1 saturated carbocycles. The van der Waals surface area contributed by atoms with Crippen molar-refractivity contribution < 1.29 is 14.3 Å². The SMILES string of the molecule is O=C1CCCC(O[C@H]2CCCCO2)CCC1. The third-order valence-electron chi connectivity index (χ3n) is 3.45. The molecule has 0 bridgehead atoms. The molecule has 0 aromatic carbocycles. The second kappa shape index (κ2) is 6.36. The molecule has 3 nitrogen and oxygen atoms in total. The molecule has 3 heteroatoms. The number of carbonyl (C=O) groups excluding carboxylic acids is 1. The average Bonchev–Trinajstić information content (AvgIpc) is 2.27. The van der Waals surface area contributed by atoms with Crippen LogP contribution in [0.3, 0.4) is 0 Å². The molecule has 0 radical (unpaired) electrons. The van der Waals surface area contributed by atoms with Gasteiger partial charge in [-0.25, -0.2) is 0 Å². The molecule has 1 aliphatic carbocycles. The Balaban J connectivity index is 1.73. The summed E-state index contributed by atoms with van der Waals surface area (Å²) in [6.45, 7) is 0.843. The topological polar surface area (TPSA) is 35.5 Å². The van der Waals surface area contributed by atoms with Gasteiger partial charge in [-0.2, -0.15) is 0 Å². The molecule has 0 aromatic rings. The lowest BCUT2D eigenvalue weighted by molar-refractivity contribution is -0.191. The number of carbonyl (C=O) groups is 1. The fourth-order valence-electron chi connectivity index (χ4n) is 2.49. The van der Waals surface area contributed by atoms with Crippen molar-refractivity contribution >= 4 is 5.78 Å². The third-order valence-corrected chi connectivity index (χ3v) is 3.45. The quantitative estimate of drug-likeness (QED) is 0.726. The van der Waals surface area contributed by atoms with Crippen molar-refractivity contribution in [1.29, 1.82) is 0 Å². The fourth-order valence-corrected chi connectivity index (χ4v) is 2.49. The van der Waals surface area contributed by atoms with Crippen LogP contribution in [-0.4, -0.2) is 24.8 Å². The Hall–Kier alpha value is -0.410. The number of ketones is 1. The highest BCUT2D eigenvalue weighted by Gasteiger charge is 2.21. The van der Waals surface area contributed by atoms with Gasteiger partial charge in [-0.3, -0.25) is 4.79 Å². The maximum absolute atomic E-state index is 11.3. The number of Topliss-reactive ketones (excluding diaryl/α,β-unsaturated/α-hetero) is 1. The summed E-state index contributed by atoms with van der Waals surface area (Å²) in [4.78, 5) is 11.3. The molecule has 0 aromatic heterocycles. The van der Waals surface area contributed by atoms with Gasteiger partial charge in [0.15, 0.2) is 6.29 Å². The summed E-state index contributed by atoms with van der Waals surface area (Å²) in [6.07, 6.45) is 9.25. The normalized spacial score (nSPS) is 29.8. The molecule has 1 heterocycles. The molecular weight excluding hydrogens is 204 g/mol. The largest absolute Gasteiger partial charge is 0.353 e. The van der Waals surface area contributed by atoms with Gasteiger partial charge in [-0.1, -0.05) is 0 Å². The summed E-state index contributed by atoms with van der Waals surface area (Å²) in [5.74, 6) is 0.423. The molecule has 2 fully saturated rings. The summed E-state index contributed by atoms with van der Waals surface area (Å²) in [6, 6.07) is 0. The summed E-state index contributed by atoms with van der Waals surface area (Å²) in [5.41, 5.74) is 0. The van der Waals surface area contributed by atoms with Gasteiger partial charge in [-0.15, -0.1) is 0 Å². The van der Waals surface area contributed by atoms with E-state index < -0.39 is 0 Å². The van der Waals surface area contributed by atoms with E-state index in [1.165, 1.54) is 12.8 Å². The minimum atomic E-state index is 0.0221. The molecule has 2 rings (SSSR count). The Kier molecular flexibility index (Phi) is 4.79. The van der Waals surface area contributed by atoms with E-state index >= 15 is 0 Å². The zero-order valence-corrected chi connectivity index (χ0v) is 9.95. The van der Waals surface area contributed by atoms with E-state index in [1.54, 1.807) is 0 Å². The Morgan fingerprint density at radius 3 is 2.38 bits per heavy atom. The molecule has 1 aliphatic heterocycles. The fraction of sp³-hybridized carbons (Fsp3) is 0.923. The van der Waals surface area contributed by atoms with Gasteiger partial charge in [0.1, 0.15) is 5.78 Å². The van der Waals surface area contributed by atoms with Crippen molar-refractivity contribution in [2.45, 2.75) is 70.2 Å². The number of hydrogen-bond donors (Lipinski definition) is 0. The molecule has 1 atom stereocenters. The lowest BCUT2D eigenvalue weighted by Crippen LogP contribution is -2.28. The Bertz CT molecular complexity index is 209. The zero-order valence-electron chi connectivity index (χ0n) is 9.95. The minimum Gasteiger partial charge on any atom is -0.353 e. The van der Waals surface area contributed by atoms with Crippen LogP contribution in [0.15, 0.2) is 0 Å². The predicted octanol–water partition coefficient (Wildman–Crippen LogP) is 2.82. The summed E-state index contributed by atoms with van der Waals surface area (Å²) < 4.78 is 11.6. The van der Waals surface area contributed by atoms with Gasteiger partial charge in [0.05, 0.1) is 6.10 Å². The smallest absolute Gasteiger partial charge is 0.157 e. The third kappa shape index (κ3) is 3.87. The van der Waals surface area contributed by atoms with E-state index in [0.717, 1.165) is 51.6 Å². The molecule has 92 valence electrons. The summed E-state index contributed by atoms with van der Waals surface area (Å²) in [5, 5.41) is 0. The van der Waals surface area contributed by atoms with Crippen LogP contribution in [0.2, 0.25) is 0 Å². The first-order chi connectivity index (χ1) is 7.84. The van der Waals surface area contributed by atoms with Crippen molar-refractivity contribution in [3.8, 4) is 0 Å². The zero-order chi connectivity index (χ0) is 11.2. The van der Waals surface area contributed by atoms with Gasteiger partial charge in [-0.05, 0) is 44.9 Å². The molecular formula is C13H22O3. The lowest BCUT2D eigenvalue weighted by atomic mass is 9.97. The highest BCUT2D eigenvalue weighted by Crippen LogP contribution is 2.22. The second-order valence-electron chi connectivity index (χ2n) is 4.88. The summed E-state index contributed by atoms with van der Waals surface area (Å²) >= 11 is 0. The molecule has 0 unspecified atom stereocenters. The summed E-state index contributed by atoms with van der Waals surface area (Å²) in [7, 11) is 0. The van der Waals surface area contributed by atoms with Crippen LogP contribution in [-0.2, 0) is 14.3 Å². The highest BCUT2D eigenvalue weighted by atomic mass is 16.7. The van der Waals surface area contributed by atoms with Crippen LogP contribution in [0.4, 0.5) is 0 Å². The highest BCUT2D eigenvalue weighted by molar-refractivity contribution is 5.78. The molecule has 0 amide bonds. The number of hydrogen-bond acceptors (Lipinski definition) is 3. The van der Waals surface area contributed by atoms with Crippen LogP contribution >= 0.6 is 0 Å². The van der Waals surface area contributed by atoms with Crippen LogP contribution in [0.5, 0.6) is 0 Å². The van der Waals surface area contributed by atoms with Gasteiger partial charge in [0.2, 0.25) is 0 Å². The predicted molar refractivity (Wildman–Crippen MR) is 61.2 cm³/mol. The first-order valence-corrected chi connectivity index (χ1v) is 6.63. The van der Waals surface area contributed by atoms with Crippen LogP contribution in [0.25, 0.3) is 0 Å². The first-order valence-electron chi connectivity index (χ1n) is 6.63. The van der Waals surface area contributed by atoms with Gasteiger partial charge >= 0.3 is 0 Å². The van der Waals surface area contributed by atoms with E-state index in [9.17, 15) is 4.79 Å². The van der Waals surface area contributed by atoms with Crippen molar-refractivity contribution in [2.75, 3.05) is 6.61 Å². The van der Waals surface area contributed by atoms with Gasteiger partial charge in [0, 0.05) is 19.4 Å². The molecule has 16 heavy (non-hydrogen) atoms. The van der Waals surface area contributed by atoms with Crippen molar-refractivity contribution in [1.82, 2.24) is 0 Å². The van der Waals surface area contributed by atoms with E-state index in [-0.39, 0.29) is 6.29 Å².